The summed E-state index contributed by atoms with van der Waals surface area (Å²) in [5, 5.41) is 0.531. The molecule has 0 spiro atoms. The van der Waals surface area contributed by atoms with E-state index in [0.717, 1.165) is 36.2 Å². The Hall–Kier alpha value is -2.43. The fourth-order valence-electron chi connectivity index (χ4n) is 12.0. The Morgan fingerprint density at radius 2 is 1.70 bits per heavy atom. The molecule has 4 aliphatic carbocycles. The fraction of sp³-hybridized carbons (Fsp3) is 0.867. The molecule has 0 N–H and O–H groups in total. The van der Waals surface area contributed by atoms with Crippen molar-refractivity contribution in [3.8, 4) is 0 Å². The molecule has 0 aromatic rings. The molecule has 1 saturated heterocycles. The smallest absolute Gasteiger partial charge is 0.460 e. The van der Waals surface area contributed by atoms with Crippen molar-refractivity contribution < 1.29 is 41.9 Å². The largest absolute Gasteiger partial charge is 0.473 e. The van der Waals surface area contributed by atoms with Crippen molar-refractivity contribution in [3.63, 3.8) is 0 Å². The van der Waals surface area contributed by atoms with Crippen LogP contribution in [0.1, 0.15) is 165 Å². The monoisotopic (exact) mass is 795 g/mol. The maximum absolute atomic E-state index is 14.0. The topological polar surface area (TPSA) is 93.2 Å². The summed E-state index contributed by atoms with van der Waals surface area (Å²) < 4.78 is 47.6. The Kier molecular flexibility index (Phi) is 15.8. The van der Waals surface area contributed by atoms with E-state index in [0.29, 0.717) is 66.8 Å². The molecular formula is C45H73F3N2O6. The van der Waals surface area contributed by atoms with Crippen molar-refractivity contribution in [1.82, 2.24) is 9.96 Å². The number of nitrogens with zero attached hydrogens (tertiary/aromatic N) is 2. The van der Waals surface area contributed by atoms with Crippen LogP contribution in [0.25, 0.3) is 0 Å². The second kappa shape index (κ2) is 19.1. The summed E-state index contributed by atoms with van der Waals surface area (Å²) in [4.78, 5) is 57.4. The maximum atomic E-state index is 14.0. The molecule has 3 saturated carbocycles. The van der Waals surface area contributed by atoms with Crippen LogP contribution in [0.3, 0.4) is 0 Å². The second-order valence-corrected chi connectivity index (χ2v) is 18.7. The zero-order chi connectivity index (χ0) is 40.3. The fourth-order valence-corrected chi connectivity index (χ4v) is 12.0. The molecule has 10 atom stereocenters. The van der Waals surface area contributed by atoms with Gasteiger partial charge in [-0.2, -0.15) is 13.2 Å². The summed E-state index contributed by atoms with van der Waals surface area (Å²) in [6.45, 7) is 15.4. The zero-order valence-corrected chi connectivity index (χ0v) is 34.7. The highest BCUT2D eigenvalue weighted by atomic mass is 19.4. The lowest BCUT2D eigenvalue weighted by Gasteiger charge is -2.59. The molecular weight excluding hydrogens is 721 g/mol. The molecule has 8 nitrogen and oxygen atoms in total. The van der Waals surface area contributed by atoms with E-state index in [-0.39, 0.29) is 63.0 Å². The van der Waals surface area contributed by atoms with Crippen LogP contribution >= 0.6 is 0 Å². The number of carbonyl (C=O) groups excluding carboxylic acids is 4. The molecule has 0 aromatic carbocycles. The number of alkyl halides is 3. The number of ketones is 1. The number of allylic oxidation sites excluding steroid dienone is 1. The molecule has 1 aliphatic heterocycles. The van der Waals surface area contributed by atoms with Crippen molar-refractivity contribution in [2.24, 2.45) is 46.3 Å². The van der Waals surface area contributed by atoms with Crippen LogP contribution in [0.4, 0.5) is 13.2 Å². The van der Waals surface area contributed by atoms with Gasteiger partial charge in [0.05, 0.1) is 32.0 Å². The van der Waals surface area contributed by atoms with Crippen molar-refractivity contribution in [1.29, 1.82) is 0 Å². The zero-order valence-electron chi connectivity index (χ0n) is 34.7. The minimum Gasteiger partial charge on any atom is -0.460 e. The summed E-state index contributed by atoms with van der Waals surface area (Å²) >= 11 is 0. The number of halogens is 3. The number of hydrogen-bond acceptors (Lipinski definition) is 6. The minimum atomic E-state index is -5.11. The van der Waals surface area contributed by atoms with Crippen LogP contribution in [-0.2, 0) is 28.8 Å². The number of esters is 1. The van der Waals surface area contributed by atoms with Crippen LogP contribution in [0.15, 0.2) is 11.6 Å². The Morgan fingerprint density at radius 1 is 0.964 bits per heavy atom. The second-order valence-electron chi connectivity index (χ2n) is 18.7. The molecule has 4 unspecified atom stereocenters. The quantitative estimate of drug-likeness (QED) is 0.0878. The number of hydrogen-bond donors (Lipinski definition) is 0. The standard InChI is InChI=1S/C44H69F3N2O6.CH4/c1-8-31-26-34(55-40(52)18-14-33(50)9-2)27-48(31)39(51)21-24-54-49(41(53)44(45,46)47)32-19-22-42(6)30(25-32)13-15-35-37-17-16-36(29(5)12-10-11-28(3)4)43(37,7)23-20-38(35)42;/h13,28-29,31-32,34-38H,8-12,14-27H2,1-7H3;1H4/t29-,31-,32?,34-,35?,36-,37?,38?,42+,43-;/m1./s1. The van der Waals surface area contributed by atoms with E-state index in [9.17, 15) is 32.3 Å². The van der Waals surface area contributed by atoms with Gasteiger partial charge in [0.2, 0.25) is 5.91 Å². The van der Waals surface area contributed by atoms with E-state index in [2.05, 4.69) is 40.7 Å². The van der Waals surface area contributed by atoms with Gasteiger partial charge in [-0.25, -0.2) is 5.06 Å². The van der Waals surface area contributed by atoms with Crippen LogP contribution in [0.5, 0.6) is 0 Å². The van der Waals surface area contributed by atoms with Gasteiger partial charge in [-0.05, 0) is 104 Å². The van der Waals surface area contributed by atoms with Crippen molar-refractivity contribution in [2.75, 3.05) is 13.2 Å². The van der Waals surface area contributed by atoms with Crippen molar-refractivity contribution in [3.05, 3.63) is 11.6 Å². The van der Waals surface area contributed by atoms with E-state index in [1.165, 1.54) is 38.5 Å². The lowest BCUT2D eigenvalue weighted by molar-refractivity contribution is -0.243. The summed E-state index contributed by atoms with van der Waals surface area (Å²) in [6.07, 6.45) is 9.17. The Morgan fingerprint density at radius 3 is 2.36 bits per heavy atom. The van der Waals surface area contributed by atoms with Gasteiger partial charge < -0.3 is 9.64 Å². The molecule has 5 aliphatic rings. The van der Waals surface area contributed by atoms with Gasteiger partial charge in [-0.3, -0.25) is 24.0 Å². The van der Waals surface area contributed by atoms with Crippen LogP contribution in [0.2, 0.25) is 0 Å². The third-order valence-corrected chi connectivity index (χ3v) is 15.1. The third-order valence-electron chi connectivity index (χ3n) is 15.1. The molecule has 0 aromatic heterocycles. The lowest BCUT2D eigenvalue weighted by Crippen LogP contribution is -2.54. The predicted octanol–water partition coefficient (Wildman–Crippen LogP) is 10.4. The predicted molar refractivity (Wildman–Crippen MR) is 212 cm³/mol. The van der Waals surface area contributed by atoms with Gasteiger partial charge in [0.1, 0.15) is 11.9 Å². The molecule has 0 radical (unpaired) electrons. The van der Waals surface area contributed by atoms with Crippen molar-refractivity contribution in [2.45, 2.75) is 189 Å². The number of Topliss-reactive ketones (excluding diaryl/α,β-unsaturated/α-hetero) is 1. The number of carbonyl (C=O) groups is 4. The number of hydroxylamine groups is 2. The van der Waals surface area contributed by atoms with Gasteiger partial charge in [-0.1, -0.05) is 86.8 Å². The molecule has 5 rings (SSSR count). The molecule has 11 heteroatoms. The van der Waals surface area contributed by atoms with Gasteiger partial charge in [0.25, 0.3) is 0 Å². The lowest BCUT2D eigenvalue weighted by atomic mass is 9.47. The summed E-state index contributed by atoms with van der Waals surface area (Å²) in [5.41, 5.74) is 1.39. The highest BCUT2D eigenvalue weighted by molar-refractivity contribution is 5.83. The first-order valence-electron chi connectivity index (χ1n) is 21.7. The Bertz CT molecular complexity index is 1420. The highest BCUT2D eigenvalue weighted by Gasteiger charge is 2.60. The van der Waals surface area contributed by atoms with E-state index >= 15 is 0 Å². The molecule has 56 heavy (non-hydrogen) atoms. The molecule has 2 amide bonds. The molecule has 320 valence electrons. The Labute approximate surface area is 335 Å². The first-order chi connectivity index (χ1) is 25.9. The number of amides is 2. The van der Waals surface area contributed by atoms with E-state index < -0.39 is 30.2 Å². The number of likely N-dealkylation sites (tertiary alicyclic amines) is 1. The number of fused-ring (bicyclic) bond motifs is 5. The third kappa shape index (κ3) is 10.0. The van der Waals surface area contributed by atoms with E-state index in [1.54, 1.807) is 11.8 Å². The number of rotatable bonds is 16. The summed E-state index contributed by atoms with van der Waals surface area (Å²) in [6, 6.07) is -0.963. The van der Waals surface area contributed by atoms with Crippen LogP contribution < -0.4 is 0 Å². The van der Waals surface area contributed by atoms with Gasteiger partial charge in [0, 0.05) is 25.3 Å². The minimum absolute atomic E-state index is 0. The number of ether oxygens (including phenoxy) is 1. The highest BCUT2D eigenvalue weighted by Crippen LogP contribution is 2.67. The van der Waals surface area contributed by atoms with Gasteiger partial charge in [-0.15, -0.1) is 0 Å². The molecule has 1 heterocycles. The van der Waals surface area contributed by atoms with Crippen LogP contribution in [-0.4, -0.2) is 71.0 Å². The normalized spacial score (nSPS) is 33.1. The maximum Gasteiger partial charge on any atom is 0.473 e. The first kappa shape index (κ1) is 46.3. The van der Waals surface area contributed by atoms with E-state index in [1.807, 2.05) is 6.92 Å². The van der Waals surface area contributed by atoms with Gasteiger partial charge >= 0.3 is 18.1 Å². The van der Waals surface area contributed by atoms with E-state index in [4.69, 9.17) is 9.57 Å². The summed E-state index contributed by atoms with van der Waals surface area (Å²) in [7, 11) is 0. The summed E-state index contributed by atoms with van der Waals surface area (Å²) in [5.74, 6) is 1.07. The average Bonchev–Trinajstić information content (AvgIpc) is 3.71. The van der Waals surface area contributed by atoms with Crippen LogP contribution in [0, 0.1) is 46.3 Å². The first-order valence-corrected chi connectivity index (χ1v) is 21.7. The molecule has 4 fully saturated rings. The molecule has 0 bridgehead atoms. The average molecular weight is 795 g/mol. The van der Waals surface area contributed by atoms with Crippen molar-refractivity contribution >= 4 is 23.6 Å². The van der Waals surface area contributed by atoms with Gasteiger partial charge in [0.15, 0.2) is 0 Å². The SMILES string of the molecule is C.CCC(=O)CCC(=O)O[C@@H]1C[C@@H](CC)N(C(=O)CCON(C(=O)C(F)(F)F)C2CC[C@@]3(C)C(=CCC4C3CC[C@@]3(C)C4CC[C@@H]3[C@H](C)CCCC(C)C)C2)C1. The Balaban J connectivity index is 0.00000696.